The lowest BCUT2D eigenvalue weighted by molar-refractivity contribution is -0.145. The highest BCUT2D eigenvalue weighted by Gasteiger charge is 2.41. The number of amides is 1. The fourth-order valence-corrected chi connectivity index (χ4v) is 3.05. The largest absolute Gasteiger partial charge is 0.480 e. The molecule has 3 rings (SSSR count). The van der Waals surface area contributed by atoms with Crippen LogP contribution in [0.15, 0.2) is 36.5 Å². The Morgan fingerprint density at radius 3 is 2.54 bits per heavy atom. The van der Waals surface area contributed by atoms with Crippen molar-refractivity contribution in [2.24, 2.45) is 0 Å². The van der Waals surface area contributed by atoms with Gasteiger partial charge in [-0.15, -0.1) is 0 Å². The monoisotopic (exact) mass is 331 g/mol. The number of nitrogens with one attached hydrogen (secondary N) is 1. The Morgan fingerprint density at radius 1 is 1.17 bits per heavy atom. The molecule has 2 N–H and O–H groups in total. The molecular weight excluding hydrogens is 313 g/mol. The topological polar surface area (TPSA) is 84.2 Å². The smallest absolute Gasteiger partial charge is 0.329 e. The first kappa shape index (κ1) is 16.2. The summed E-state index contributed by atoms with van der Waals surface area (Å²) in [7, 11) is 0. The number of rotatable bonds is 4. The van der Waals surface area contributed by atoms with E-state index in [1.165, 1.54) is 23.0 Å². The molecule has 6 nitrogen and oxygen atoms in total. The number of nitrogens with zero attached hydrogens (tertiary/aromatic N) is 2. The first-order valence-electron chi connectivity index (χ1n) is 7.88. The maximum absolute atomic E-state index is 13.8. The summed E-state index contributed by atoms with van der Waals surface area (Å²) in [5.41, 5.74) is -0.955. The lowest BCUT2D eigenvalue weighted by Gasteiger charge is -2.33. The lowest BCUT2D eigenvalue weighted by atomic mass is 9.81. The van der Waals surface area contributed by atoms with Crippen LogP contribution in [0.3, 0.4) is 0 Å². The SMILES string of the molecule is O=C(NC1(C(=O)O)CCCCC1)c1ccn(-c2ccccc2F)n1. The van der Waals surface area contributed by atoms with Crippen LogP contribution in [0.25, 0.3) is 5.69 Å². The van der Waals surface area contributed by atoms with E-state index in [9.17, 15) is 19.1 Å². The van der Waals surface area contributed by atoms with Gasteiger partial charge in [-0.05, 0) is 31.0 Å². The van der Waals surface area contributed by atoms with Crippen molar-refractivity contribution in [3.8, 4) is 5.69 Å². The van der Waals surface area contributed by atoms with E-state index in [-0.39, 0.29) is 11.4 Å². The Hall–Kier alpha value is -2.70. The Labute approximate surface area is 138 Å². The molecular formula is C17H18FN3O3. The maximum Gasteiger partial charge on any atom is 0.329 e. The molecule has 126 valence electrons. The third-order valence-corrected chi connectivity index (χ3v) is 4.39. The first-order valence-corrected chi connectivity index (χ1v) is 7.88. The minimum Gasteiger partial charge on any atom is -0.480 e. The zero-order valence-corrected chi connectivity index (χ0v) is 13.0. The summed E-state index contributed by atoms with van der Waals surface area (Å²) in [6.45, 7) is 0. The van der Waals surface area contributed by atoms with Crippen LogP contribution in [0.4, 0.5) is 4.39 Å². The average Bonchev–Trinajstić information content (AvgIpc) is 3.06. The minimum atomic E-state index is -1.24. The van der Waals surface area contributed by atoms with Crippen LogP contribution < -0.4 is 5.32 Å². The van der Waals surface area contributed by atoms with Gasteiger partial charge in [0.05, 0.1) is 0 Å². The summed E-state index contributed by atoms with van der Waals surface area (Å²) in [6, 6.07) is 7.53. The summed E-state index contributed by atoms with van der Waals surface area (Å²) in [4.78, 5) is 24.0. The minimum absolute atomic E-state index is 0.0597. The first-order chi connectivity index (χ1) is 11.5. The fourth-order valence-electron chi connectivity index (χ4n) is 3.05. The molecule has 0 unspecified atom stereocenters. The van der Waals surface area contributed by atoms with Gasteiger partial charge in [0.25, 0.3) is 5.91 Å². The quantitative estimate of drug-likeness (QED) is 0.902. The molecule has 0 atom stereocenters. The molecule has 1 aliphatic rings. The van der Waals surface area contributed by atoms with Gasteiger partial charge in [-0.2, -0.15) is 5.10 Å². The van der Waals surface area contributed by atoms with Gasteiger partial charge in [0.1, 0.15) is 17.0 Å². The third kappa shape index (κ3) is 3.02. The van der Waals surface area contributed by atoms with Gasteiger partial charge in [-0.25, -0.2) is 13.9 Å². The highest BCUT2D eigenvalue weighted by Crippen LogP contribution is 2.28. The molecule has 7 heteroatoms. The average molecular weight is 331 g/mol. The number of carboxylic acids is 1. The van der Waals surface area contributed by atoms with E-state index < -0.39 is 23.2 Å². The summed E-state index contributed by atoms with van der Waals surface area (Å²) in [5, 5.41) is 16.2. The summed E-state index contributed by atoms with van der Waals surface area (Å²) in [6.07, 6.45) is 4.77. The van der Waals surface area contributed by atoms with Gasteiger partial charge in [-0.3, -0.25) is 4.79 Å². The van der Waals surface area contributed by atoms with Crippen molar-refractivity contribution < 1.29 is 19.1 Å². The number of carbonyl (C=O) groups is 2. The van der Waals surface area contributed by atoms with E-state index >= 15 is 0 Å². The number of carbonyl (C=O) groups excluding carboxylic acids is 1. The molecule has 1 saturated carbocycles. The normalized spacial score (nSPS) is 16.5. The number of aromatic nitrogens is 2. The second-order valence-corrected chi connectivity index (χ2v) is 6.00. The Kier molecular flexibility index (Phi) is 4.33. The number of benzene rings is 1. The molecule has 0 bridgehead atoms. The number of hydrogen-bond donors (Lipinski definition) is 2. The number of carboxylic acid groups (broad SMARTS) is 1. The van der Waals surface area contributed by atoms with Crippen molar-refractivity contribution >= 4 is 11.9 Å². The predicted molar refractivity (Wildman–Crippen MR) is 84.4 cm³/mol. The van der Waals surface area contributed by atoms with E-state index in [1.54, 1.807) is 18.2 Å². The molecule has 1 fully saturated rings. The predicted octanol–water partition coefficient (Wildman–Crippen LogP) is 2.53. The number of hydrogen-bond acceptors (Lipinski definition) is 3. The van der Waals surface area contributed by atoms with Crippen LogP contribution in [0.5, 0.6) is 0 Å². The van der Waals surface area contributed by atoms with Gasteiger partial charge in [0.15, 0.2) is 5.69 Å². The van der Waals surface area contributed by atoms with Crippen molar-refractivity contribution in [2.75, 3.05) is 0 Å². The fraction of sp³-hybridized carbons (Fsp3) is 0.353. The summed E-state index contributed by atoms with van der Waals surface area (Å²) >= 11 is 0. The maximum atomic E-state index is 13.8. The molecule has 1 aliphatic carbocycles. The van der Waals surface area contributed by atoms with Gasteiger partial charge in [0.2, 0.25) is 0 Å². The van der Waals surface area contributed by atoms with E-state index in [4.69, 9.17) is 0 Å². The van der Waals surface area contributed by atoms with Gasteiger partial charge in [0, 0.05) is 6.20 Å². The third-order valence-electron chi connectivity index (χ3n) is 4.39. The van der Waals surface area contributed by atoms with Crippen LogP contribution in [-0.4, -0.2) is 32.3 Å². The second kappa shape index (κ2) is 6.43. The summed E-state index contributed by atoms with van der Waals surface area (Å²) in [5.74, 6) is -2.04. The standard InChI is InChI=1S/C17H18FN3O3/c18-12-6-2-3-7-14(12)21-11-8-13(20-21)15(22)19-17(16(23)24)9-4-1-5-10-17/h2-3,6-8,11H,1,4-5,9-10H2,(H,19,22)(H,23,24). The molecule has 1 amide bonds. The zero-order chi connectivity index (χ0) is 17.2. The second-order valence-electron chi connectivity index (χ2n) is 6.00. The molecule has 1 aromatic heterocycles. The molecule has 0 spiro atoms. The Balaban J connectivity index is 1.81. The van der Waals surface area contributed by atoms with Crippen molar-refractivity contribution in [3.63, 3.8) is 0 Å². The van der Waals surface area contributed by atoms with E-state index in [2.05, 4.69) is 10.4 Å². The molecule has 1 aromatic carbocycles. The van der Waals surface area contributed by atoms with E-state index in [0.717, 1.165) is 19.3 Å². The molecule has 2 aromatic rings. The van der Waals surface area contributed by atoms with Crippen molar-refractivity contribution in [2.45, 2.75) is 37.6 Å². The number of aliphatic carboxylic acids is 1. The Morgan fingerprint density at radius 2 is 1.88 bits per heavy atom. The van der Waals surface area contributed by atoms with Crippen molar-refractivity contribution in [1.82, 2.24) is 15.1 Å². The van der Waals surface area contributed by atoms with Crippen LogP contribution in [-0.2, 0) is 4.79 Å². The van der Waals surface area contributed by atoms with E-state index in [1.807, 2.05) is 0 Å². The number of halogens is 1. The molecule has 0 saturated heterocycles. The van der Waals surface area contributed by atoms with Crippen LogP contribution in [0.1, 0.15) is 42.6 Å². The van der Waals surface area contributed by atoms with Crippen molar-refractivity contribution in [1.29, 1.82) is 0 Å². The van der Waals surface area contributed by atoms with Crippen molar-refractivity contribution in [3.05, 3.63) is 48.0 Å². The Bertz CT molecular complexity index is 766. The zero-order valence-electron chi connectivity index (χ0n) is 13.0. The van der Waals surface area contributed by atoms with Crippen LogP contribution in [0, 0.1) is 5.82 Å². The van der Waals surface area contributed by atoms with Gasteiger partial charge >= 0.3 is 5.97 Å². The molecule has 0 aliphatic heterocycles. The molecule has 0 radical (unpaired) electrons. The number of para-hydroxylation sites is 1. The summed E-state index contributed by atoms with van der Waals surface area (Å²) < 4.78 is 15.0. The van der Waals surface area contributed by atoms with E-state index in [0.29, 0.717) is 12.8 Å². The van der Waals surface area contributed by atoms with Crippen LogP contribution >= 0.6 is 0 Å². The van der Waals surface area contributed by atoms with Crippen LogP contribution in [0.2, 0.25) is 0 Å². The van der Waals surface area contributed by atoms with Gasteiger partial charge < -0.3 is 10.4 Å². The lowest BCUT2D eigenvalue weighted by Crippen LogP contribution is -2.55. The highest BCUT2D eigenvalue weighted by molar-refractivity contribution is 5.96. The molecule has 1 heterocycles. The molecule has 24 heavy (non-hydrogen) atoms. The van der Waals surface area contributed by atoms with Gasteiger partial charge in [-0.1, -0.05) is 31.4 Å². The highest BCUT2D eigenvalue weighted by atomic mass is 19.1.